The molecule has 12 heteroatoms. The van der Waals surface area contributed by atoms with Crippen LogP contribution in [0.1, 0.15) is 11.1 Å². The molecule has 2 aromatic rings. The Morgan fingerprint density at radius 2 is 1.86 bits per heavy atom. The molecule has 0 aromatic heterocycles. The van der Waals surface area contributed by atoms with Gasteiger partial charge in [-0.1, -0.05) is 23.9 Å². The van der Waals surface area contributed by atoms with E-state index < -0.39 is 20.9 Å². The van der Waals surface area contributed by atoms with Crippen molar-refractivity contribution in [2.24, 2.45) is 4.40 Å². The number of hydrogen-bond donors (Lipinski definition) is 1. The second-order valence-corrected chi connectivity index (χ2v) is 9.14. The van der Waals surface area contributed by atoms with Crippen LogP contribution in [0.2, 0.25) is 0 Å². The molecule has 0 aliphatic carbocycles. The molecule has 146 valence electrons. The highest BCUT2D eigenvalue weighted by Crippen LogP contribution is 2.33. The minimum atomic E-state index is -3.84. The van der Waals surface area contributed by atoms with Crippen LogP contribution in [0.4, 0.5) is 5.69 Å². The number of carbonyl (C=O) groups excluding carboxylic acids is 1. The predicted octanol–water partition coefficient (Wildman–Crippen LogP) is 2.45. The number of thioether (sulfide) groups is 1. The molecule has 0 unspecified atom stereocenters. The number of amides is 1. The Hall–Kier alpha value is -3.09. The SMILES string of the molecule is O=C1C(=Cc2ccc([N+](=O)[O-])cc2)SC(=S)N1NC1=NS(=O)(=O)c2ccccc21. The summed E-state index contributed by atoms with van der Waals surface area (Å²) in [5.74, 6) is -0.476. The maximum absolute atomic E-state index is 12.7. The monoisotopic (exact) mass is 446 g/mol. The van der Waals surface area contributed by atoms with Gasteiger partial charge in [0, 0.05) is 17.7 Å². The summed E-state index contributed by atoms with van der Waals surface area (Å²) < 4.78 is 28.2. The first-order valence-corrected chi connectivity index (χ1v) is 10.7. The number of nitro benzene ring substituents is 1. The maximum Gasteiger partial charge on any atom is 0.285 e. The number of rotatable bonds is 3. The molecule has 0 bridgehead atoms. The summed E-state index contributed by atoms with van der Waals surface area (Å²) in [6, 6.07) is 12.0. The van der Waals surface area contributed by atoms with Gasteiger partial charge in [0.05, 0.1) is 9.83 Å². The summed E-state index contributed by atoms with van der Waals surface area (Å²) >= 11 is 6.25. The van der Waals surface area contributed by atoms with Crippen LogP contribution < -0.4 is 5.43 Å². The quantitative estimate of drug-likeness (QED) is 0.330. The lowest BCUT2D eigenvalue weighted by Crippen LogP contribution is -2.44. The second kappa shape index (κ2) is 7.06. The lowest BCUT2D eigenvalue weighted by atomic mass is 10.2. The fraction of sp³-hybridized carbons (Fsp3) is 0. The van der Waals surface area contributed by atoms with Crippen molar-refractivity contribution in [2.75, 3.05) is 0 Å². The molecule has 1 fully saturated rings. The van der Waals surface area contributed by atoms with Crippen molar-refractivity contribution in [1.29, 1.82) is 0 Å². The van der Waals surface area contributed by atoms with E-state index in [-0.39, 0.29) is 25.6 Å². The third-order valence-corrected chi connectivity index (χ3v) is 6.68. The molecule has 2 aliphatic heterocycles. The lowest BCUT2D eigenvalue weighted by Gasteiger charge is -2.16. The van der Waals surface area contributed by atoms with Crippen LogP contribution in [0, 0.1) is 10.1 Å². The Bertz CT molecular complexity index is 1240. The molecular formula is C17H10N4O5S3. The summed E-state index contributed by atoms with van der Waals surface area (Å²) in [7, 11) is -3.84. The van der Waals surface area contributed by atoms with E-state index in [1.165, 1.54) is 30.3 Å². The van der Waals surface area contributed by atoms with E-state index in [0.29, 0.717) is 11.1 Å². The topological polar surface area (TPSA) is 122 Å². The molecule has 1 amide bonds. The van der Waals surface area contributed by atoms with Gasteiger partial charge in [-0.25, -0.2) is 0 Å². The van der Waals surface area contributed by atoms with Gasteiger partial charge in [-0.05, 0) is 48.1 Å². The molecule has 0 saturated carbocycles. The van der Waals surface area contributed by atoms with E-state index in [4.69, 9.17) is 12.2 Å². The van der Waals surface area contributed by atoms with E-state index >= 15 is 0 Å². The van der Waals surface area contributed by atoms with Gasteiger partial charge in [0.15, 0.2) is 10.2 Å². The summed E-state index contributed by atoms with van der Waals surface area (Å²) in [4.78, 5) is 23.3. The van der Waals surface area contributed by atoms with Crippen molar-refractivity contribution in [3.8, 4) is 0 Å². The second-order valence-electron chi connectivity index (χ2n) is 5.89. The number of fused-ring (bicyclic) bond motifs is 1. The van der Waals surface area contributed by atoms with Crippen LogP contribution in [0.3, 0.4) is 0 Å². The van der Waals surface area contributed by atoms with Crippen LogP contribution in [-0.4, -0.2) is 34.4 Å². The maximum atomic E-state index is 12.7. The van der Waals surface area contributed by atoms with E-state index in [2.05, 4.69) is 9.82 Å². The van der Waals surface area contributed by atoms with Gasteiger partial charge in [-0.2, -0.15) is 13.4 Å². The third-order valence-electron chi connectivity index (χ3n) is 4.04. The largest absolute Gasteiger partial charge is 0.285 e. The predicted molar refractivity (Wildman–Crippen MR) is 111 cm³/mol. The molecule has 4 rings (SSSR count). The number of non-ortho nitro benzene ring substituents is 1. The average Bonchev–Trinajstić information content (AvgIpc) is 3.10. The van der Waals surface area contributed by atoms with Crippen molar-refractivity contribution in [3.63, 3.8) is 0 Å². The average molecular weight is 446 g/mol. The smallest absolute Gasteiger partial charge is 0.272 e. The van der Waals surface area contributed by atoms with E-state index in [1.807, 2.05) is 0 Å². The lowest BCUT2D eigenvalue weighted by molar-refractivity contribution is -0.384. The first-order valence-electron chi connectivity index (χ1n) is 8.00. The van der Waals surface area contributed by atoms with Gasteiger partial charge in [-0.3, -0.25) is 20.3 Å². The normalized spacial score (nSPS) is 18.7. The summed E-state index contributed by atoms with van der Waals surface area (Å²) in [5, 5.41) is 11.8. The van der Waals surface area contributed by atoms with Gasteiger partial charge < -0.3 is 0 Å². The van der Waals surface area contributed by atoms with Crippen molar-refractivity contribution < 1.29 is 18.1 Å². The molecule has 29 heavy (non-hydrogen) atoms. The van der Waals surface area contributed by atoms with Crippen LogP contribution in [0.5, 0.6) is 0 Å². The Morgan fingerprint density at radius 3 is 2.55 bits per heavy atom. The minimum Gasteiger partial charge on any atom is -0.272 e. The first-order chi connectivity index (χ1) is 13.8. The van der Waals surface area contributed by atoms with Crippen molar-refractivity contribution >= 4 is 61.8 Å². The fourth-order valence-electron chi connectivity index (χ4n) is 2.70. The number of nitrogens with zero attached hydrogens (tertiary/aromatic N) is 3. The van der Waals surface area contributed by atoms with Crippen LogP contribution >= 0.6 is 24.0 Å². The number of nitrogens with one attached hydrogen (secondary N) is 1. The molecule has 0 spiro atoms. The van der Waals surface area contributed by atoms with E-state index in [0.717, 1.165) is 16.8 Å². The number of benzene rings is 2. The van der Waals surface area contributed by atoms with Crippen LogP contribution in [0.15, 0.2) is 62.7 Å². The summed E-state index contributed by atoms with van der Waals surface area (Å²) in [6.45, 7) is 0. The number of nitro groups is 1. The molecule has 0 atom stereocenters. The fourth-order valence-corrected chi connectivity index (χ4v) is 5.05. The van der Waals surface area contributed by atoms with Gasteiger partial charge in [0.1, 0.15) is 4.90 Å². The molecule has 9 nitrogen and oxygen atoms in total. The number of thiocarbonyl (C=S) groups is 1. The minimum absolute atomic E-state index is 0.00786. The molecule has 1 N–H and O–H groups in total. The number of sulfonamides is 1. The van der Waals surface area contributed by atoms with E-state index in [9.17, 15) is 23.3 Å². The van der Waals surface area contributed by atoms with Gasteiger partial charge in [0.2, 0.25) is 0 Å². The molecule has 2 aliphatic rings. The molecular weight excluding hydrogens is 436 g/mol. The Balaban J connectivity index is 1.59. The third kappa shape index (κ3) is 3.52. The Labute approximate surface area is 174 Å². The Kier molecular flexibility index (Phi) is 4.68. The van der Waals surface area contributed by atoms with Gasteiger partial charge >= 0.3 is 0 Å². The molecule has 2 aromatic carbocycles. The first kappa shape index (κ1) is 19.2. The standard InChI is InChI=1S/C17H10N4O5S3/c22-16-13(9-10-5-7-11(8-6-10)21(23)24)28-17(27)20(16)18-15-12-3-1-2-4-14(12)29(25,26)19-15/h1-9H,(H,18,19). The van der Waals surface area contributed by atoms with Gasteiger partial charge in [-0.15, -0.1) is 4.40 Å². The summed E-state index contributed by atoms with van der Waals surface area (Å²) in [5.41, 5.74) is 3.57. The highest BCUT2D eigenvalue weighted by atomic mass is 32.2. The molecule has 1 saturated heterocycles. The number of hydrogen-bond acceptors (Lipinski definition) is 8. The van der Waals surface area contributed by atoms with Crippen molar-refractivity contribution in [2.45, 2.75) is 4.90 Å². The zero-order valence-corrected chi connectivity index (χ0v) is 16.8. The zero-order valence-electron chi connectivity index (χ0n) is 14.3. The van der Waals surface area contributed by atoms with Crippen molar-refractivity contribution in [1.82, 2.24) is 10.4 Å². The molecule has 2 heterocycles. The number of amidine groups is 1. The summed E-state index contributed by atoms with van der Waals surface area (Å²) in [6.07, 6.45) is 1.55. The number of hydrazine groups is 1. The van der Waals surface area contributed by atoms with E-state index in [1.54, 1.807) is 24.3 Å². The Morgan fingerprint density at radius 1 is 1.17 bits per heavy atom. The highest BCUT2D eigenvalue weighted by molar-refractivity contribution is 8.26. The van der Waals surface area contributed by atoms with Gasteiger partial charge in [0.25, 0.3) is 21.6 Å². The highest BCUT2D eigenvalue weighted by Gasteiger charge is 2.36. The van der Waals surface area contributed by atoms with Crippen LogP contribution in [0.25, 0.3) is 6.08 Å². The molecule has 0 radical (unpaired) electrons. The number of carbonyl (C=O) groups is 1. The van der Waals surface area contributed by atoms with Crippen LogP contribution in [-0.2, 0) is 14.8 Å². The zero-order chi connectivity index (χ0) is 20.8. The van der Waals surface area contributed by atoms with Crippen molar-refractivity contribution in [3.05, 3.63) is 74.7 Å².